The summed E-state index contributed by atoms with van der Waals surface area (Å²) < 4.78 is 0. The molecule has 0 aliphatic carbocycles. The molecule has 0 saturated heterocycles. The third kappa shape index (κ3) is 2.37. The van der Waals surface area contributed by atoms with Crippen molar-refractivity contribution in [3.8, 4) is 6.07 Å². The second kappa shape index (κ2) is 5.35. The summed E-state index contributed by atoms with van der Waals surface area (Å²) in [6, 6.07) is 17.4. The summed E-state index contributed by atoms with van der Waals surface area (Å²) in [6.07, 6.45) is 0.720. The van der Waals surface area contributed by atoms with Crippen LogP contribution in [0.25, 0.3) is 10.8 Å². The molecule has 0 spiro atoms. The minimum absolute atomic E-state index is 0.519. The third-order valence-electron chi connectivity index (χ3n) is 3.60. The fourth-order valence-electron chi connectivity index (χ4n) is 2.43. The van der Waals surface area contributed by atoms with Crippen LogP contribution in [-0.4, -0.2) is 10.1 Å². The van der Waals surface area contributed by atoms with E-state index in [1.165, 1.54) is 6.20 Å². The highest BCUT2D eigenvalue weighted by molar-refractivity contribution is 5.89. The van der Waals surface area contributed by atoms with Crippen LogP contribution in [0.15, 0.2) is 54.7 Å². The Morgan fingerprint density at radius 2 is 1.71 bits per heavy atom. The molecule has 2 aromatic carbocycles. The van der Waals surface area contributed by atoms with Crippen LogP contribution in [0.1, 0.15) is 28.5 Å². The fraction of sp³-hybridized carbons (Fsp3) is 0.111. The quantitative estimate of drug-likeness (QED) is 0.778. The van der Waals surface area contributed by atoms with Crippen molar-refractivity contribution in [2.45, 2.75) is 13.0 Å². The van der Waals surface area contributed by atoms with Gasteiger partial charge in [-0.25, -0.2) is 0 Å². The number of nitrogens with zero attached hydrogens (tertiary/aromatic N) is 2. The van der Waals surface area contributed by atoms with Crippen LogP contribution in [0.5, 0.6) is 0 Å². The molecule has 1 aromatic heterocycles. The number of hydrogen-bond donors (Lipinski definition) is 1. The minimum atomic E-state index is -0.803. The van der Waals surface area contributed by atoms with Crippen LogP contribution in [0.2, 0.25) is 0 Å². The molecule has 0 radical (unpaired) electrons. The van der Waals surface area contributed by atoms with Crippen LogP contribution in [0.3, 0.4) is 0 Å². The Morgan fingerprint density at radius 1 is 1.05 bits per heavy atom. The lowest BCUT2D eigenvalue weighted by Gasteiger charge is -2.14. The van der Waals surface area contributed by atoms with Crippen molar-refractivity contribution in [3.05, 3.63) is 77.1 Å². The van der Waals surface area contributed by atoms with E-state index in [2.05, 4.69) is 11.1 Å². The van der Waals surface area contributed by atoms with Gasteiger partial charge in [-0.05, 0) is 12.5 Å². The molecule has 3 rings (SSSR count). The molecule has 102 valence electrons. The summed E-state index contributed by atoms with van der Waals surface area (Å²) in [7, 11) is 0. The molecule has 1 atom stereocenters. The van der Waals surface area contributed by atoms with E-state index in [4.69, 9.17) is 5.26 Å². The molecule has 0 aliphatic heterocycles. The number of nitriles is 1. The van der Waals surface area contributed by atoms with E-state index >= 15 is 0 Å². The van der Waals surface area contributed by atoms with Gasteiger partial charge < -0.3 is 5.11 Å². The summed E-state index contributed by atoms with van der Waals surface area (Å²) in [5.41, 5.74) is 3.03. The molecule has 1 unspecified atom stereocenters. The Morgan fingerprint density at radius 3 is 2.38 bits per heavy atom. The monoisotopic (exact) mass is 274 g/mol. The van der Waals surface area contributed by atoms with Crippen LogP contribution >= 0.6 is 0 Å². The Hall–Kier alpha value is -2.70. The Balaban J connectivity index is 2.17. The molecule has 21 heavy (non-hydrogen) atoms. The molecule has 0 fully saturated rings. The van der Waals surface area contributed by atoms with Crippen molar-refractivity contribution in [3.63, 3.8) is 0 Å². The molecule has 3 heteroatoms. The zero-order chi connectivity index (χ0) is 14.8. The zero-order valence-electron chi connectivity index (χ0n) is 11.6. The highest BCUT2D eigenvalue weighted by atomic mass is 16.3. The lowest BCUT2D eigenvalue weighted by Crippen LogP contribution is -2.04. The Kier molecular flexibility index (Phi) is 3.39. The van der Waals surface area contributed by atoms with Gasteiger partial charge in [-0.1, -0.05) is 54.1 Å². The van der Waals surface area contributed by atoms with E-state index in [1.807, 2.05) is 55.5 Å². The number of aryl methyl sites for hydroxylation is 1. The normalized spacial score (nSPS) is 12.0. The van der Waals surface area contributed by atoms with Crippen LogP contribution in [0, 0.1) is 18.3 Å². The number of aliphatic hydroxyl groups is 1. The standard InChI is InChI=1S/C18H14N2O/c1-12-6-8-13(9-7-12)18(21)17-16-5-3-2-4-15(16)14(10-19)11-20-17/h2-9,11,18,21H,1H3. The third-order valence-corrected chi connectivity index (χ3v) is 3.60. The SMILES string of the molecule is Cc1ccc(C(O)c2ncc(C#N)c3ccccc23)cc1. The highest BCUT2D eigenvalue weighted by Crippen LogP contribution is 2.28. The van der Waals surface area contributed by atoms with Gasteiger partial charge in [0.2, 0.25) is 0 Å². The van der Waals surface area contributed by atoms with Gasteiger partial charge in [-0.15, -0.1) is 0 Å². The first-order valence-electron chi connectivity index (χ1n) is 6.73. The second-order valence-corrected chi connectivity index (χ2v) is 5.03. The summed E-state index contributed by atoms with van der Waals surface area (Å²) in [6.45, 7) is 2.01. The number of pyridine rings is 1. The van der Waals surface area contributed by atoms with Crippen LogP contribution in [-0.2, 0) is 0 Å². The van der Waals surface area contributed by atoms with Gasteiger partial charge in [0.15, 0.2) is 0 Å². The number of aliphatic hydroxyl groups excluding tert-OH is 1. The zero-order valence-corrected chi connectivity index (χ0v) is 11.6. The topological polar surface area (TPSA) is 56.9 Å². The first-order chi connectivity index (χ1) is 10.2. The smallest absolute Gasteiger partial charge is 0.122 e. The fourth-order valence-corrected chi connectivity index (χ4v) is 2.43. The summed E-state index contributed by atoms with van der Waals surface area (Å²) >= 11 is 0. The van der Waals surface area contributed by atoms with Gasteiger partial charge in [0, 0.05) is 17.0 Å². The number of fused-ring (bicyclic) bond motifs is 1. The average Bonchev–Trinajstić information content (AvgIpc) is 2.54. The maximum atomic E-state index is 10.6. The molecule has 3 nitrogen and oxygen atoms in total. The van der Waals surface area contributed by atoms with Crippen molar-refractivity contribution in [2.24, 2.45) is 0 Å². The predicted octanol–water partition coefficient (Wildman–Crippen LogP) is 3.50. The van der Waals surface area contributed by atoms with E-state index in [-0.39, 0.29) is 0 Å². The van der Waals surface area contributed by atoms with E-state index in [0.29, 0.717) is 11.3 Å². The number of rotatable bonds is 2. The van der Waals surface area contributed by atoms with Gasteiger partial charge in [-0.2, -0.15) is 5.26 Å². The first kappa shape index (κ1) is 13.3. The van der Waals surface area contributed by atoms with Crippen molar-refractivity contribution in [1.82, 2.24) is 4.98 Å². The molecule has 3 aromatic rings. The van der Waals surface area contributed by atoms with Crippen molar-refractivity contribution in [2.75, 3.05) is 0 Å². The summed E-state index contributed by atoms with van der Waals surface area (Å²) in [4.78, 5) is 4.30. The first-order valence-corrected chi connectivity index (χ1v) is 6.73. The Labute approximate surface area is 123 Å². The van der Waals surface area contributed by atoms with Gasteiger partial charge in [0.05, 0.1) is 11.3 Å². The number of aromatic nitrogens is 1. The number of benzene rings is 2. The van der Waals surface area contributed by atoms with Crippen molar-refractivity contribution < 1.29 is 5.11 Å². The van der Waals surface area contributed by atoms with Gasteiger partial charge in [-0.3, -0.25) is 4.98 Å². The van der Waals surface area contributed by atoms with Gasteiger partial charge in [0.1, 0.15) is 12.2 Å². The average molecular weight is 274 g/mol. The number of hydrogen-bond acceptors (Lipinski definition) is 3. The molecule has 0 amide bonds. The van der Waals surface area contributed by atoms with Gasteiger partial charge >= 0.3 is 0 Å². The molecule has 0 saturated carbocycles. The van der Waals surface area contributed by atoms with Crippen LogP contribution in [0.4, 0.5) is 0 Å². The lowest BCUT2D eigenvalue weighted by molar-refractivity contribution is 0.217. The molecule has 0 aliphatic rings. The predicted molar refractivity (Wildman–Crippen MR) is 81.7 cm³/mol. The largest absolute Gasteiger partial charge is 0.382 e. The van der Waals surface area contributed by atoms with E-state index in [0.717, 1.165) is 21.9 Å². The van der Waals surface area contributed by atoms with E-state index in [9.17, 15) is 5.11 Å². The van der Waals surface area contributed by atoms with Crippen molar-refractivity contribution >= 4 is 10.8 Å². The van der Waals surface area contributed by atoms with E-state index < -0.39 is 6.10 Å². The van der Waals surface area contributed by atoms with Crippen LogP contribution < -0.4 is 0 Å². The van der Waals surface area contributed by atoms with Crippen molar-refractivity contribution in [1.29, 1.82) is 5.26 Å². The summed E-state index contributed by atoms with van der Waals surface area (Å²) in [5, 5.41) is 21.4. The molecule has 0 bridgehead atoms. The second-order valence-electron chi connectivity index (χ2n) is 5.03. The summed E-state index contributed by atoms with van der Waals surface area (Å²) in [5.74, 6) is 0. The molecule has 1 N–H and O–H groups in total. The van der Waals surface area contributed by atoms with E-state index in [1.54, 1.807) is 0 Å². The van der Waals surface area contributed by atoms with Gasteiger partial charge in [0.25, 0.3) is 0 Å². The maximum Gasteiger partial charge on any atom is 0.122 e. The highest BCUT2D eigenvalue weighted by Gasteiger charge is 2.16. The molecule has 1 heterocycles. The Bertz CT molecular complexity index is 832. The maximum absolute atomic E-state index is 10.6. The minimum Gasteiger partial charge on any atom is -0.382 e. The lowest BCUT2D eigenvalue weighted by atomic mass is 9.98. The molecular formula is C18H14N2O. The molecular weight excluding hydrogens is 260 g/mol.